The van der Waals surface area contributed by atoms with Crippen LogP contribution in [0.3, 0.4) is 0 Å². The van der Waals surface area contributed by atoms with Crippen molar-refractivity contribution in [1.82, 2.24) is 15.2 Å². The summed E-state index contributed by atoms with van der Waals surface area (Å²) in [5, 5.41) is 3.28. The maximum Gasteiger partial charge on any atom is 0.401 e. The number of alkyl halides is 3. The number of pyridine rings is 1. The quantitative estimate of drug-likeness (QED) is 0.901. The molecule has 1 aromatic rings. The topological polar surface area (TPSA) is 28.2 Å². The van der Waals surface area contributed by atoms with Gasteiger partial charge in [-0.1, -0.05) is 6.07 Å². The van der Waals surface area contributed by atoms with Crippen molar-refractivity contribution in [2.45, 2.75) is 26.1 Å². The zero-order chi connectivity index (χ0) is 14.6. The lowest BCUT2D eigenvalue weighted by Crippen LogP contribution is -2.33. The van der Waals surface area contributed by atoms with Crippen LogP contribution in [0.2, 0.25) is 0 Å². The van der Waals surface area contributed by atoms with Crippen LogP contribution >= 0.6 is 0 Å². The van der Waals surface area contributed by atoms with Crippen molar-refractivity contribution >= 4 is 0 Å². The van der Waals surface area contributed by atoms with E-state index >= 15 is 0 Å². The first-order valence-electron chi connectivity index (χ1n) is 6.84. The SMILES string of the molecule is Cc1ccc(CNCC2CCN(CC(F)(F)F)C2)nc1. The second-order valence-corrected chi connectivity index (χ2v) is 5.46. The van der Waals surface area contributed by atoms with Crippen LogP contribution in [0.5, 0.6) is 0 Å². The van der Waals surface area contributed by atoms with E-state index in [2.05, 4.69) is 10.3 Å². The highest BCUT2D eigenvalue weighted by atomic mass is 19.4. The summed E-state index contributed by atoms with van der Waals surface area (Å²) in [6, 6.07) is 3.97. The molecule has 1 atom stereocenters. The Morgan fingerprint density at radius 1 is 1.40 bits per heavy atom. The molecule has 6 heteroatoms. The molecule has 0 aliphatic carbocycles. The molecule has 0 amide bonds. The van der Waals surface area contributed by atoms with E-state index < -0.39 is 12.7 Å². The lowest BCUT2D eigenvalue weighted by Gasteiger charge is -2.18. The molecular formula is C14H20F3N3. The molecule has 1 aliphatic heterocycles. The van der Waals surface area contributed by atoms with E-state index in [-0.39, 0.29) is 0 Å². The summed E-state index contributed by atoms with van der Waals surface area (Å²) in [5.41, 5.74) is 2.08. The van der Waals surface area contributed by atoms with Crippen molar-refractivity contribution in [1.29, 1.82) is 0 Å². The van der Waals surface area contributed by atoms with E-state index in [1.165, 1.54) is 4.90 Å². The predicted octanol–water partition coefficient (Wildman–Crippen LogP) is 2.36. The molecule has 112 valence electrons. The van der Waals surface area contributed by atoms with Crippen molar-refractivity contribution in [3.8, 4) is 0 Å². The summed E-state index contributed by atoms with van der Waals surface area (Å²) in [5.74, 6) is 0.294. The Kier molecular flexibility index (Phi) is 4.99. The van der Waals surface area contributed by atoms with E-state index in [4.69, 9.17) is 0 Å². The normalized spacial score (nSPS) is 20.5. The molecule has 0 radical (unpaired) electrons. The number of likely N-dealkylation sites (tertiary alicyclic amines) is 1. The molecule has 0 saturated carbocycles. The van der Waals surface area contributed by atoms with Gasteiger partial charge in [-0.05, 0) is 44.0 Å². The van der Waals surface area contributed by atoms with Crippen LogP contribution in [0.1, 0.15) is 17.7 Å². The average molecular weight is 287 g/mol. The van der Waals surface area contributed by atoms with Crippen LogP contribution < -0.4 is 5.32 Å². The van der Waals surface area contributed by atoms with E-state index in [1.807, 2.05) is 25.3 Å². The third kappa shape index (κ3) is 5.09. The second-order valence-electron chi connectivity index (χ2n) is 5.46. The fraction of sp³-hybridized carbons (Fsp3) is 0.643. The summed E-state index contributed by atoms with van der Waals surface area (Å²) in [4.78, 5) is 5.77. The fourth-order valence-electron chi connectivity index (χ4n) is 2.48. The Morgan fingerprint density at radius 3 is 2.85 bits per heavy atom. The standard InChI is InChI=1S/C14H20F3N3/c1-11-2-3-13(19-6-11)8-18-7-12-4-5-20(9-12)10-14(15,16)17/h2-3,6,12,18H,4-5,7-10H2,1H3. The number of rotatable bonds is 5. The number of halogens is 3. The van der Waals surface area contributed by atoms with Gasteiger partial charge in [-0.2, -0.15) is 13.2 Å². The lowest BCUT2D eigenvalue weighted by molar-refractivity contribution is -0.143. The molecule has 0 bridgehead atoms. The molecule has 1 saturated heterocycles. The molecular weight excluding hydrogens is 267 g/mol. The fourth-order valence-corrected chi connectivity index (χ4v) is 2.48. The van der Waals surface area contributed by atoms with E-state index in [0.717, 1.165) is 24.2 Å². The minimum absolute atomic E-state index is 0.294. The largest absolute Gasteiger partial charge is 0.401 e. The van der Waals surface area contributed by atoms with Gasteiger partial charge in [0.2, 0.25) is 0 Å². The van der Waals surface area contributed by atoms with Gasteiger partial charge in [0, 0.05) is 19.3 Å². The monoisotopic (exact) mass is 287 g/mol. The number of hydrogen-bond donors (Lipinski definition) is 1. The van der Waals surface area contributed by atoms with Gasteiger partial charge in [0.1, 0.15) is 0 Å². The predicted molar refractivity (Wildman–Crippen MR) is 71.3 cm³/mol. The van der Waals surface area contributed by atoms with Crippen LogP contribution in [-0.2, 0) is 6.54 Å². The minimum Gasteiger partial charge on any atom is -0.311 e. The third-order valence-electron chi connectivity index (χ3n) is 3.48. The molecule has 1 fully saturated rings. The number of nitrogens with one attached hydrogen (secondary N) is 1. The van der Waals surface area contributed by atoms with Crippen molar-refractivity contribution in [3.05, 3.63) is 29.6 Å². The number of aryl methyl sites for hydroxylation is 1. The zero-order valence-corrected chi connectivity index (χ0v) is 11.6. The summed E-state index contributed by atoms with van der Waals surface area (Å²) in [6.07, 6.45) is -1.45. The van der Waals surface area contributed by atoms with Gasteiger partial charge in [-0.15, -0.1) is 0 Å². The molecule has 2 heterocycles. The molecule has 1 N–H and O–H groups in total. The van der Waals surface area contributed by atoms with Gasteiger partial charge in [0.15, 0.2) is 0 Å². The second kappa shape index (κ2) is 6.54. The van der Waals surface area contributed by atoms with E-state index in [0.29, 0.717) is 25.6 Å². The number of nitrogens with zero attached hydrogens (tertiary/aromatic N) is 2. The summed E-state index contributed by atoms with van der Waals surface area (Å²) in [6.45, 7) is 3.66. The van der Waals surface area contributed by atoms with Gasteiger partial charge in [0.25, 0.3) is 0 Å². The Labute approximate surface area is 117 Å². The maximum atomic E-state index is 12.3. The van der Waals surface area contributed by atoms with Gasteiger partial charge >= 0.3 is 6.18 Å². The first-order chi connectivity index (χ1) is 9.42. The molecule has 1 aliphatic rings. The molecule has 1 aromatic heterocycles. The van der Waals surface area contributed by atoms with Gasteiger partial charge in [-0.25, -0.2) is 0 Å². The van der Waals surface area contributed by atoms with E-state index in [9.17, 15) is 13.2 Å². The van der Waals surface area contributed by atoms with Crippen LogP contribution in [0, 0.1) is 12.8 Å². The van der Waals surface area contributed by atoms with Crippen LogP contribution in [0.15, 0.2) is 18.3 Å². The summed E-state index contributed by atoms with van der Waals surface area (Å²) in [7, 11) is 0. The van der Waals surface area contributed by atoms with Crippen molar-refractivity contribution in [3.63, 3.8) is 0 Å². The number of hydrogen-bond acceptors (Lipinski definition) is 3. The van der Waals surface area contributed by atoms with Gasteiger partial charge in [0.05, 0.1) is 12.2 Å². The van der Waals surface area contributed by atoms with Gasteiger partial charge in [-0.3, -0.25) is 9.88 Å². The first-order valence-corrected chi connectivity index (χ1v) is 6.84. The molecule has 0 spiro atoms. The average Bonchev–Trinajstić information content (AvgIpc) is 2.77. The first kappa shape index (κ1) is 15.3. The minimum atomic E-state index is -4.09. The van der Waals surface area contributed by atoms with Gasteiger partial charge < -0.3 is 5.32 Å². The maximum absolute atomic E-state index is 12.3. The van der Waals surface area contributed by atoms with Crippen LogP contribution in [0.25, 0.3) is 0 Å². The Balaban J connectivity index is 1.67. The lowest BCUT2D eigenvalue weighted by atomic mass is 10.1. The Bertz CT molecular complexity index is 417. The molecule has 1 unspecified atom stereocenters. The third-order valence-corrected chi connectivity index (χ3v) is 3.48. The van der Waals surface area contributed by atoms with Crippen molar-refractivity contribution in [2.24, 2.45) is 5.92 Å². The number of aromatic nitrogens is 1. The van der Waals surface area contributed by atoms with E-state index in [1.54, 1.807) is 0 Å². The Morgan fingerprint density at radius 2 is 2.20 bits per heavy atom. The van der Waals surface area contributed by atoms with Crippen molar-refractivity contribution in [2.75, 3.05) is 26.2 Å². The summed E-state index contributed by atoms with van der Waals surface area (Å²) < 4.78 is 36.8. The molecule has 2 rings (SSSR count). The van der Waals surface area contributed by atoms with Crippen LogP contribution in [-0.4, -0.2) is 42.2 Å². The smallest absolute Gasteiger partial charge is 0.311 e. The molecule has 3 nitrogen and oxygen atoms in total. The highest BCUT2D eigenvalue weighted by molar-refractivity contribution is 5.11. The highest BCUT2D eigenvalue weighted by Crippen LogP contribution is 2.22. The molecule has 20 heavy (non-hydrogen) atoms. The highest BCUT2D eigenvalue weighted by Gasteiger charge is 2.34. The summed E-state index contributed by atoms with van der Waals surface area (Å²) >= 11 is 0. The van der Waals surface area contributed by atoms with Crippen molar-refractivity contribution < 1.29 is 13.2 Å². The van der Waals surface area contributed by atoms with Crippen LogP contribution in [0.4, 0.5) is 13.2 Å². The Hall–Kier alpha value is -1.14. The molecule has 0 aromatic carbocycles. The zero-order valence-electron chi connectivity index (χ0n) is 11.6.